The number of sulfonamides is 1. The summed E-state index contributed by atoms with van der Waals surface area (Å²) < 4.78 is 25.6. The minimum absolute atomic E-state index is 0.0808. The Bertz CT molecular complexity index is 692. The number of amides is 1. The number of nitrogens with zero attached hydrogens (tertiary/aromatic N) is 1. The van der Waals surface area contributed by atoms with Crippen LogP contribution in [0.1, 0.15) is 28.5 Å². The Morgan fingerprint density at radius 2 is 1.90 bits per heavy atom. The number of carbonyl (C=O) groups is 1. The largest absolute Gasteiger partial charge is 0.351 e. The van der Waals surface area contributed by atoms with E-state index in [1.807, 2.05) is 13.8 Å². The number of nitrogens with one attached hydrogen (secondary N) is 2. The molecule has 0 radical (unpaired) electrons. The van der Waals surface area contributed by atoms with Crippen molar-refractivity contribution in [2.45, 2.75) is 27.3 Å². The van der Waals surface area contributed by atoms with E-state index in [0.29, 0.717) is 12.1 Å². The summed E-state index contributed by atoms with van der Waals surface area (Å²) >= 11 is 0. The van der Waals surface area contributed by atoms with Gasteiger partial charge in [0.15, 0.2) is 0 Å². The lowest BCUT2D eigenvalue weighted by Crippen LogP contribution is -2.38. The van der Waals surface area contributed by atoms with Crippen molar-refractivity contribution in [1.29, 1.82) is 0 Å². The molecular weight excluding hydrogens is 294 g/mol. The van der Waals surface area contributed by atoms with E-state index in [1.54, 1.807) is 13.0 Å². The van der Waals surface area contributed by atoms with Crippen molar-refractivity contribution in [1.82, 2.24) is 14.6 Å². The highest BCUT2D eigenvalue weighted by atomic mass is 32.2. The van der Waals surface area contributed by atoms with Crippen LogP contribution in [-0.2, 0) is 16.6 Å². The SMILES string of the molecule is CCn1c(C)cc(C)c(C(=O)NCCNS(C)(=O)=O)c1=O. The Kier molecular flexibility index (Phi) is 5.68. The first-order valence-electron chi connectivity index (χ1n) is 6.61. The third kappa shape index (κ3) is 4.68. The highest BCUT2D eigenvalue weighted by Gasteiger charge is 2.16. The van der Waals surface area contributed by atoms with Gasteiger partial charge in [-0.1, -0.05) is 0 Å². The molecule has 0 aliphatic carbocycles. The van der Waals surface area contributed by atoms with Gasteiger partial charge in [0.1, 0.15) is 5.56 Å². The second kappa shape index (κ2) is 6.86. The Labute approximate surface area is 124 Å². The van der Waals surface area contributed by atoms with E-state index in [-0.39, 0.29) is 24.2 Å². The van der Waals surface area contributed by atoms with Gasteiger partial charge in [-0.3, -0.25) is 9.59 Å². The first kappa shape index (κ1) is 17.4. The van der Waals surface area contributed by atoms with Gasteiger partial charge in [0.05, 0.1) is 6.26 Å². The van der Waals surface area contributed by atoms with Crippen LogP contribution in [0.2, 0.25) is 0 Å². The third-order valence-corrected chi connectivity index (χ3v) is 3.75. The summed E-state index contributed by atoms with van der Waals surface area (Å²) in [6.07, 6.45) is 1.04. The van der Waals surface area contributed by atoms with Crippen LogP contribution in [0.4, 0.5) is 0 Å². The van der Waals surface area contributed by atoms with Gasteiger partial charge >= 0.3 is 0 Å². The fourth-order valence-corrected chi connectivity index (χ4v) is 2.57. The monoisotopic (exact) mass is 315 g/mol. The highest BCUT2D eigenvalue weighted by Crippen LogP contribution is 2.06. The van der Waals surface area contributed by atoms with E-state index in [2.05, 4.69) is 10.0 Å². The standard InChI is InChI=1S/C13H21N3O4S/c1-5-16-10(3)8-9(2)11(13(16)18)12(17)14-6-7-15-21(4,19)20/h8,15H,5-7H2,1-4H3,(H,14,17). The molecular formula is C13H21N3O4S. The zero-order valence-corrected chi connectivity index (χ0v) is 13.5. The fourth-order valence-electron chi connectivity index (χ4n) is 2.10. The maximum absolute atomic E-state index is 12.3. The molecule has 0 unspecified atom stereocenters. The highest BCUT2D eigenvalue weighted by molar-refractivity contribution is 7.88. The van der Waals surface area contributed by atoms with Crippen LogP contribution in [0.15, 0.2) is 10.9 Å². The molecule has 1 aromatic rings. The summed E-state index contributed by atoms with van der Waals surface area (Å²) in [6.45, 7) is 6.04. The average molecular weight is 315 g/mol. The molecule has 8 heteroatoms. The molecule has 0 saturated heterocycles. The van der Waals surface area contributed by atoms with E-state index in [1.165, 1.54) is 4.57 Å². The number of rotatable bonds is 6. The van der Waals surface area contributed by atoms with Crippen LogP contribution >= 0.6 is 0 Å². The Balaban J connectivity index is 2.86. The van der Waals surface area contributed by atoms with Gasteiger partial charge in [-0.25, -0.2) is 13.1 Å². The molecule has 0 bridgehead atoms. The Morgan fingerprint density at radius 3 is 2.43 bits per heavy atom. The van der Waals surface area contributed by atoms with Gasteiger partial charge in [-0.15, -0.1) is 0 Å². The predicted molar refractivity (Wildman–Crippen MR) is 81.0 cm³/mol. The van der Waals surface area contributed by atoms with Crippen molar-refractivity contribution in [2.24, 2.45) is 0 Å². The number of hydrogen-bond acceptors (Lipinski definition) is 4. The van der Waals surface area contributed by atoms with E-state index in [4.69, 9.17) is 0 Å². The number of hydrogen-bond donors (Lipinski definition) is 2. The maximum atomic E-state index is 12.3. The minimum Gasteiger partial charge on any atom is -0.351 e. The van der Waals surface area contributed by atoms with Crippen LogP contribution in [0, 0.1) is 13.8 Å². The summed E-state index contributed by atoms with van der Waals surface area (Å²) in [5, 5.41) is 2.54. The summed E-state index contributed by atoms with van der Waals surface area (Å²) in [5.74, 6) is -0.491. The molecule has 0 spiro atoms. The molecule has 1 heterocycles. The minimum atomic E-state index is -3.29. The summed E-state index contributed by atoms with van der Waals surface area (Å²) in [4.78, 5) is 24.4. The molecule has 1 amide bonds. The molecule has 7 nitrogen and oxygen atoms in total. The first-order valence-corrected chi connectivity index (χ1v) is 8.50. The van der Waals surface area contributed by atoms with E-state index >= 15 is 0 Å². The maximum Gasteiger partial charge on any atom is 0.263 e. The van der Waals surface area contributed by atoms with Gasteiger partial charge in [-0.05, 0) is 32.4 Å². The summed E-state index contributed by atoms with van der Waals surface area (Å²) in [7, 11) is -3.29. The molecule has 0 fully saturated rings. The lowest BCUT2D eigenvalue weighted by Gasteiger charge is -2.13. The molecule has 21 heavy (non-hydrogen) atoms. The third-order valence-electron chi connectivity index (χ3n) is 3.02. The lowest BCUT2D eigenvalue weighted by atomic mass is 10.1. The molecule has 1 rings (SSSR count). The normalized spacial score (nSPS) is 11.4. The number of aromatic nitrogens is 1. The second-order valence-corrected chi connectivity index (χ2v) is 6.65. The average Bonchev–Trinajstić information content (AvgIpc) is 2.33. The van der Waals surface area contributed by atoms with E-state index in [0.717, 1.165) is 11.9 Å². The van der Waals surface area contributed by atoms with Crippen molar-refractivity contribution in [3.05, 3.63) is 33.2 Å². The van der Waals surface area contributed by atoms with Crippen LogP contribution in [0.5, 0.6) is 0 Å². The molecule has 1 aromatic heterocycles. The molecule has 118 valence electrons. The zero-order valence-electron chi connectivity index (χ0n) is 12.7. The van der Waals surface area contributed by atoms with E-state index < -0.39 is 15.9 Å². The number of pyridine rings is 1. The van der Waals surface area contributed by atoms with Crippen molar-refractivity contribution in [3.63, 3.8) is 0 Å². The van der Waals surface area contributed by atoms with Crippen LogP contribution in [0.3, 0.4) is 0 Å². The van der Waals surface area contributed by atoms with Crippen molar-refractivity contribution in [3.8, 4) is 0 Å². The van der Waals surface area contributed by atoms with Crippen LogP contribution in [-0.4, -0.2) is 38.2 Å². The van der Waals surface area contributed by atoms with E-state index in [9.17, 15) is 18.0 Å². The van der Waals surface area contributed by atoms with Crippen molar-refractivity contribution in [2.75, 3.05) is 19.3 Å². The first-order chi connectivity index (χ1) is 9.67. The lowest BCUT2D eigenvalue weighted by molar-refractivity contribution is 0.0951. The van der Waals surface area contributed by atoms with Gasteiger partial charge < -0.3 is 9.88 Å². The topological polar surface area (TPSA) is 97.3 Å². The molecule has 2 N–H and O–H groups in total. The van der Waals surface area contributed by atoms with Crippen molar-refractivity contribution >= 4 is 15.9 Å². The quantitative estimate of drug-likeness (QED) is 0.708. The zero-order chi connectivity index (χ0) is 16.2. The summed E-state index contributed by atoms with van der Waals surface area (Å²) in [6, 6.07) is 1.79. The van der Waals surface area contributed by atoms with Crippen molar-refractivity contribution < 1.29 is 13.2 Å². The van der Waals surface area contributed by atoms with Crippen LogP contribution in [0.25, 0.3) is 0 Å². The number of carbonyl (C=O) groups excluding carboxylic acids is 1. The molecule has 0 atom stereocenters. The van der Waals surface area contributed by atoms with Crippen LogP contribution < -0.4 is 15.6 Å². The van der Waals surface area contributed by atoms with Gasteiger partial charge in [0.25, 0.3) is 11.5 Å². The number of aryl methyl sites for hydroxylation is 2. The second-order valence-electron chi connectivity index (χ2n) is 4.82. The molecule has 0 aromatic carbocycles. The molecule has 0 saturated carbocycles. The van der Waals surface area contributed by atoms with Gasteiger partial charge in [-0.2, -0.15) is 0 Å². The molecule has 0 aliphatic rings. The predicted octanol–water partition coefficient (Wildman–Crippen LogP) is -0.236. The Hall–Kier alpha value is -1.67. The summed E-state index contributed by atoms with van der Waals surface area (Å²) in [5.41, 5.74) is 1.18. The fraction of sp³-hybridized carbons (Fsp3) is 0.538. The molecule has 0 aliphatic heterocycles. The van der Waals surface area contributed by atoms with Gasteiger partial charge in [0.2, 0.25) is 10.0 Å². The Morgan fingerprint density at radius 1 is 1.29 bits per heavy atom. The smallest absolute Gasteiger partial charge is 0.263 e. The van der Waals surface area contributed by atoms with Gasteiger partial charge in [0, 0.05) is 25.3 Å².